The summed E-state index contributed by atoms with van der Waals surface area (Å²) >= 11 is 0. The van der Waals surface area contributed by atoms with Crippen LogP contribution in [0.5, 0.6) is 0 Å². The molecule has 0 aromatic heterocycles. The Morgan fingerprint density at radius 3 is 1.71 bits per heavy atom. The molecule has 358 valence electrons. The van der Waals surface area contributed by atoms with Gasteiger partial charge in [-0.25, -0.2) is 0 Å². The summed E-state index contributed by atoms with van der Waals surface area (Å²) in [5.41, 5.74) is 0. The predicted molar refractivity (Wildman–Crippen MR) is 252 cm³/mol. The first-order valence-electron chi connectivity index (χ1n) is 23.9. The number of allylic oxidation sites excluding steroid dienone is 9. The van der Waals surface area contributed by atoms with Crippen molar-refractivity contribution in [1.29, 1.82) is 0 Å². The van der Waals surface area contributed by atoms with Crippen LogP contribution in [0.25, 0.3) is 0 Å². The van der Waals surface area contributed by atoms with Crippen molar-refractivity contribution in [3.63, 3.8) is 0 Å². The second-order valence-corrected chi connectivity index (χ2v) is 18.6. The fraction of sp³-hybridized carbons (Fsp3) is 0.720. The number of hydrogen-bond acceptors (Lipinski definition) is 10. The SMILES string of the molecule is CCCCC/C=C\C/C=C\CCCCCCCCCCCC(=O)OC[C@H](COP(=O)([O-])OCC[N+](C)(C)C)OC(=O)CCC[C@@H](O)\C=C/C=C/C=C/[C@@H](O)C/C=C\CCCCC. The Hall–Kier alpha value is -2.63. The molecule has 1 unspecified atom stereocenters. The van der Waals surface area contributed by atoms with E-state index in [1.165, 1.54) is 77.0 Å². The zero-order valence-corrected chi connectivity index (χ0v) is 40.4. The number of ether oxygens (including phenoxy) is 2. The summed E-state index contributed by atoms with van der Waals surface area (Å²) < 4.78 is 33.7. The highest BCUT2D eigenvalue weighted by Crippen LogP contribution is 2.38. The molecule has 4 atom stereocenters. The number of aliphatic hydroxyl groups is 2. The highest BCUT2D eigenvalue weighted by atomic mass is 31.2. The largest absolute Gasteiger partial charge is 0.756 e. The number of rotatable bonds is 42. The molecule has 0 saturated carbocycles. The van der Waals surface area contributed by atoms with Crippen molar-refractivity contribution in [2.24, 2.45) is 0 Å². The highest BCUT2D eigenvalue weighted by Gasteiger charge is 2.22. The van der Waals surface area contributed by atoms with Crippen LogP contribution < -0.4 is 4.89 Å². The number of phosphoric ester groups is 1. The van der Waals surface area contributed by atoms with E-state index in [1.807, 2.05) is 27.2 Å². The fourth-order valence-electron chi connectivity index (χ4n) is 6.05. The highest BCUT2D eigenvalue weighted by molar-refractivity contribution is 7.45. The molecule has 12 heteroatoms. The van der Waals surface area contributed by atoms with E-state index < -0.39 is 44.7 Å². The molecule has 0 aromatic carbocycles. The van der Waals surface area contributed by atoms with Gasteiger partial charge < -0.3 is 38.1 Å². The first-order valence-corrected chi connectivity index (χ1v) is 25.3. The van der Waals surface area contributed by atoms with Crippen LogP contribution in [0.4, 0.5) is 0 Å². The molecule has 0 spiro atoms. The van der Waals surface area contributed by atoms with Crippen LogP contribution in [-0.4, -0.2) is 92.5 Å². The van der Waals surface area contributed by atoms with Gasteiger partial charge in [-0.15, -0.1) is 0 Å². The first-order chi connectivity index (χ1) is 29.8. The Kier molecular flexibility index (Phi) is 39.4. The van der Waals surface area contributed by atoms with Crippen LogP contribution in [0.3, 0.4) is 0 Å². The van der Waals surface area contributed by atoms with Crippen LogP contribution in [0, 0.1) is 0 Å². The van der Waals surface area contributed by atoms with E-state index in [0.29, 0.717) is 36.7 Å². The minimum atomic E-state index is -4.70. The van der Waals surface area contributed by atoms with E-state index >= 15 is 0 Å². The number of carbonyl (C=O) groups is 2. The van der Waals surface area contributed by atoms with Crippen LogP contribution >= 0.6 is 7.82 Å². The summed E-state index contributed by atoms with van der Waals surface area (Å²) in [4.78, 5) is 37.7. The minimum Gasteiger partial charge on any atom is -0.756 e. The average Bonchev–Trinajstić information content (AvgIpc) is 3.21. The van der Waals surface area contributed by atoms with Crippen LogP contribution in [0.2, 0.25) is 0 Å². The Balaban J connectivity index is 4.56. The van der Waals surface area contributed by atoms with Gasteiger partial charge in [-0.3, -0.25) is 14.2 Å². The molecular formula is C50H88NO10P. The third kappa shape index (κ3) is 44.0. The molecule has 0 aliphatic carbocycles. The number of likely N-dealkylation sites (N-methyl/N-ethyl adjacent to an activating group) is 1. The lowest BCUT2D eigenvalue weighted by molar-refractivity contribution is -0.870. The predicted octanol–water partition coefficient (Wildman–Crippen LogP) is 11.1. The van der Waals surface area contributed by atoms with E-state index in [-0.39, 0.29) is 26.1 Å². The number of nitrogens with zero attached hydrogens (tertiary/aromatic N) is 1. The number of hydrogen-bond donors (Lipinski definition) is 2. The van der Waals surface area contributed by atoms with Gasteiger partial charge in [0.1, 0.15) is 19.8 Å². The van der Waals surface area contributed by atoms with Gasteiger partial charge >= 0.3 is 11.9 Å². The third-order valence-electron chi connectivity index (χ3n) is 9.89. The van der Waals surface area contributed by atoms with Gasteiger partial charge in [0, 0.05) is 12.8 Å². The van der Waals surface area contributed by atoms with Gasteiger partial charge in [0.2, 0.25) is 0 Å². The topological polar surface area (TPSA) is 152 Å². The van der Waals surface area contributed by atoms with E-state index in [0.717, 1.165) is 38.5 Å². The van der Waals surface area contributed by atoms with Crippen molar-refractivity contribution in [3.05, 3.63) is 72.9 Å². The molecule has 0 fully saturated rings. The zero-order valence-electron chi connectivity index (χ0n) is 39.5. The second-order valence-electron chi connectivity index (χ2n) is 17.2. The Bertz CT molecular complexity index is 1320. The molecule has 0 heterocycles. The maximum Gasteiger partial charge on any atom is 0.306 e. The molecule has 0 saturated heterocycles. The lowest BCUT2D eigenvalue weighted by Crippen LogP contribution is -2.37. The van der Waals surface area contributed by atoms with Crippen molar-refractivity contribution in [2.75, 3.05) is 47.5 Å². The van der Waals surface area contributed by atoms with E-state index in [4.69, 9.17) is 18.5 Å². The maximum absolute atomic E-state index is 12.7. The van der Waals surface area contributed by atoms with Gasteiger partial charge in [0.25, 0.3) is 7.82 Å². The lowest BCUT2D eigenvalue weighted by atomic mass is 10.1. The number of phosphoric acid groups is 1. The van der Waals surface area contributed by atoms with Crippen LogP contribution in [0.15, 0.2) is 72.9 Å². The summed E-state index contributed by atoms with van der Waals surface area (Å²) in [7, 11) is 0.998. The average molecular weight is 894 g/mol. The summed E-state index contributed by atoms with van der Waals surface area (Å²) in [6, 6.07) is 0. The van der Waals surface area contributed by atoms with Crippen molar-refractivity contribution < 1.29 is 52.3 Å². The van der Waals surface area contributed by atoms with E-state index in [9.17, 15) is 29.3 Å². The number of quaternary nitrogens is 1. The monoisotopic (exact) mass is 894 g/mol. The van der Waals surface area contributed by atoms with Crippen LogP contribution in [-0.2, 0) is 32.7 Å². The molecule has 0 rings (SSSR count). The number of esters is 2. The quantitative estimate of drug-likeness (QED) is 0.0151. The zero-order chi connectivity index (χ0) is 46.0. The molecular weight excluding hydrogens is 806 g/mol. The normalized spacial score (nSPS) is 15.2. The molecule has 0 aromatic rings. The van der Waals surface area contributed by atoms with Crippen LogP contribution in [0.1, 0.15) is 168 Å². The van der Waals surface area contributed by atoms with E-state index in [1.54, 1.807) is 36.5 Å². The van der Waals surface area contributed by atoms with Gasteiger partial charge in [-0.2, -0.15) is 0 Å². The number of carbonyl (C=O) groups excluding carboxylic acids is 2. The standard InChI is InChI=1S/C50H88NO10P/c1-6-8-10-12-14-15-16-17-18-19-20-21-22-23-24-25-26-28-34-40-49(54)58-44-48(45-60-62(56,57)59-43-42-51(3,4)5)61-50(55)41-35-39-47(53)38-33-30-29-32-37-46(52)36-31-27-13-11-9-7-2/h14-15,17-18,27,29-33,37-38,46-48,52-53H,6-13,16,19-26,28,34-36,39-45H2,1-5H3/b15-14-,18-17-,30-29+,31-27-,37-32+,38-33-/t46-,47-,48+/m0/s1. The van der Waals surface area contributed by atoms with Gasteiger partial charge in [0.15, 0.2) is 6.10 Å². The molecule has 62 heavy (non-hydrogen) atoms. The smallest absolute Gasteiger partial charge is 0.306 e. The van der Waals surface area contributed by atoms with Crippen molar-refractivity contribution in [2.45, 2.75) is 186 Å². The summed E-state index contributed by atoms with van der Waals surface area (Å²) in [5.74, 6) is -1.08. The summed E-state index contributed by atoms with van der Waals surface area (Å²) in [5, 5.41) is 20.4. The number of aliphatic hydroxyl groups excluding tert-OH is 2. The molecule has 0 aliphatic heterocycles. The summed E-state index contributed by atoms with van der Waals surface area (Å²) in [6.45, 7) is 3.84. The second kappa shape index (κ2) is 41.1. The molecule has 0 aliphatic rings. The van der Waals surface area contributed by atoms with Crippen molar-refractivity contribution in [1.82, 2.24) is 0 Å². The Morgan fingerprint density at radius 1 is 0.613 bits per heavy atom. The Labute approximate surface area is 377 Å². The van der Waals surface area contributed by atoms with Crippen molar-refractivity contribution in [3.8, 4) is 0 Å². The van der Waals surface area contributed by atoms with Gasteiger partial charge in [-0.1, -0.05) is 157 Å². The van der Waals surface area contributed by atoms with Crippen molar-refractivity contribution >= 4 is 19.8 Å². The molecule has 0 amide bonds. The third-order valence-corrected chi connectivity index (χ3v) is 10.9. The molecule has 11 nitrogen and oxygen atoms in total. The van der Waals surface area contributed by atoms with Gasteiger partial charge in [-0.05, 0) is 70.6 Å². The fourth-order valence-corrected chi connectivity index (χ4v) is 6.78. The van der Waals surface area contributed by atoms with Gasteiger partial charge in [0.05, 0.1) is 40.0 Å². The van der Waals surface area contributed by atoms with E-state index in [2.05, 4.69) is 44.2 Å². The first kappa shape index (κ1) is 59.4. The number of unbranched alkanes of at least 4 members (excludes halogenated alkanes) is 15. The molecule has 2 N–H and O–H groups in total. The maximum atomic E-state index is 12.7. The lowest BCUT2D eigenvalue weighted by Gasteiger charge is -2.28. The molecule has 0 bridgehead atoms. The molecule has 0 radical (unpaired) electrons. The Morgan fingerprint density at radius 2 is 1.13 bits per heavy atom. The minimum absolute atomic E-state index is 0.0391. The summed E-state index contributed by atoms with van der Waals surface area (Å²) in [6.07, 6.45) is 44.1.